The number of likely N-dealkylation sites (tertiary alicyclic amines) is 1. The highest BCUT2D eigenvalue weighted by Gasteiger charge is 2.39. The number of fused-ring (bicyclic) bond motifs is 2. The summed E-state index contributed by atoms with van der Waals surface area (Å²) in [4.78, 5) is 13.8. The summed E-state index contributed by atoms with van der Waals surface area (Å²) in [5, 5.41) is 8.62. The molecule has 2 bridgehead atoms. The van der Waals surface area contributed by atoms with Gasteiger partial charge in [0.2, 0.25) is 5.91 Å². The first-order chi connectivity index (χ1) is 6.81. The van der Waals surface area contributed by atoms with Crippen molar-refractivity contribution in [3.05, 3.63) is 0 Å². The highest BCUT2D eigenvalue weighted by molar-refractivity contribution is 5.77. The van der Waals surface area contributed by atoms with Gasteiger partial charge in [-0.1, -0.05) is 0 Å². The number of nitrogens with zero attached hydrogens (tertiary/aromatic N) is 1. The summed E-state index contributed by atoms with van der Waals surface area (Å²) in [6.45, 7) is 1.21. The molecule has 2 aliphatic rings. The lowest BCUT2D eigenvalue weighted by atomic mass is 10.1. The van der Waals surface area contributed by atoms with Crippen molar-refractivity contribution in [1.82, 2.24) is 4.90 Å². The van der Waals surface area contributed by atoms with E-state index in [-0.39, 0.29) is 6.61 Å². The summed E-state index contributed by atoms with van der Waals surface area (Å²) in [6, 6.07) is 0.557. The van der Waals surface area contributed by atoms with Crippen LogP contribution in [0.25, 0.3) is 0 Å². The van der Waals surface area contributed by atoms with Crippen LogP contribution in [0.2, 0.25) is 0 Å². The Labute approximate surface area is 85.1 Å². The van der Waals surface area contributed by atoms with E-state index in [4.69, 9.17) is 5.11 Å². The summed E-state index contributed by atoms with van der Waals surface area (Å²) in [5.74, 6) is 1.10. The molecule has 3 heteroatoms. The van der Waals surface area contributed by atoms with Crippen LogP contribution in [0.4, 0.5) is 0 Å². The van der Waals surface area contributed by atoms with Crippen molar-refractivity contribution < 1.29 is 9.90 Å². The Kier molecular flexibility index (Phi) is 3.06. The molecule has 14 heavy (non-hydrogen) atoms. The van der Waals surface area contributed by atoms with E-state index in [1.165, 1.54) is 19.3 Å². The van der Waals surface area contributed by atoms with Crippen molar-refractivity contribution in [2.24, 2.45) is 5.92 Å². The lowest BCUT2D eigenvalue weighted by molar-refractivity contribution is -0.132. The van der Waals surface area contributed by atoms with E-state index >= 15 is 0 Å². The van der Waals surface area contributed by atoms with E-state index in [1.54, 1.807) is 0 Å². The molecule has 0 spiro atoms. The molecule has 1 saturated heterocycles. The molecule has 1 aliphatic carbocycles. The maximum Gasteiger partial charge on any atom is 0.222 e. The number of aliphatic hydroxyl groups excluding tert-OH is 1. The smallest absolute Gasteiger partial charge is 0.222 e. The van der Waals surface area contributed by atoms with Gasteiger partial charge in [-0.2, -0.15) is 0 Å². The highest BCUT2D eigenvalue weighted by Crippen LogP contribution is 2.37. The summed E-state index contributed by atoms with van der Waals surface area (Å²) in [6.07, 6.45) is 6.01. The van der Waals surface area contributed by atoms with Crippen molar-refractivity contribution in [2.45, 2.75) is 44.6 Å². The predicted molar refractivity (Wildman–Crippen MR) is 53.8 cm³/mol. The van der Waals surface area contributed by atoms with Crippen molar-refractivity contribution >= 4 is 5.91 Å². The normalized spacial score (nSPS) is 29.9. The van der Waals surface area contributed by atoms with E-state index < -0.39 is 0 Å². The molecular formula is C11H19NO2. The largest absolute Gasteiger partial charge is 0.396 e. The molecule has 3 nitrogen and oxygen atoms in total. The van der Waals surface area contributed by atoms with Gasteiger partial charge >= 0.3 is 0 Å². The van der Waals surface area contributed by atoms with Crippen LogP contribution in [0.3, 0.4) is 0 Å². The van der Waals surface area contributed by atoms with Gasteiger partial charge in [0.15, 0.2) is 0 Å². The molecule has 2 unspecified atom stereocenters. The van der Waals surface area contributed by atoms with Crippen molar-refractivity contribution in [3.8, 4) is 0 Å². The van der Waals surface area contributed by atoms with E-state index in [2.05, 4.69) is 4.90 Å². The number of piperidine rings is 1. The summed E-state index contributed by atoms with van der Waals surface area (Å²) in [5.41, 5.74) is 0. The Morgan fingerprint density at radius 2 is 2.21 bits per heavy atom. The quantitative estimate of drug-likeness (QED) is 0.687. The molecule has 0 aromatic heterocycles. The fourth-order valence-electron chi connectivity index (χ4n) is 2.76. The summed E-state index contributed by atoms with van der Waals surface area (Å²) in [7, 11) is 0. The lowest BCUT2D eigenvalue weighted by Crippen LogP contribution is -2.37. The summed E-state index contributed by atoms with van der Waals surface area (Å²) < 4.78 is 0. The molecule has 0 aromatic carbocycles. The van der Waals surface area contributed by atoms with Crippen LogP contribution >= 0.6 is 0 Å². The highest BCUT2D eigenvalue weighted by atomic mass is 16.3. The maximum absolute atomic E-state index is 11.8. The minimum absolute atomic E-state index is 0.208. The van der Waals surface area contributed by atoms with E-state index in [1.807, 2.05) is 0 Å². The van der Waals surface area contributed by atoms with Crippen molar-refractivity contribution in [2.75, 3.05) is 13.2 Å². The number of carbonyl (C=O) groups is 1. The molecule has 1 aliphatic heterocycles. The van der Waals surface area contributed by atoms with Gasteiger partial charge in [0, 0.05) is 25.6 Å². The second kappa shape index (κ2) is 4.30. The molecule has 1 saturated carbocycles. The number of hydrogen-bond donors (Lipinski definition) is 1. The van der Waals surface area contributed by atoms with Crippen LogP contribution in [0.1, 0.15) is 38.5 Å². The monoisotopic (exact) mass is 197 g/mol. The number of carbonyl (C=O) groups excluding carboxylic acids is 1. The molecule has 1 amide bonds. The van der Waals surface area contributed by atoms with Gasteiger partial charge in [-0.15, -0.1) is 0 Å². The molecule has 80 valence electrons. The zero-order valence-electron chi connectivity index (χ0n) is 8.61. The van der Waals surface area contributed by atoms with Gasteiger partial charge in [-0.05, 0) is 38.0 Å². The van der Waals surface area contributed by atoms with E-state index in [9.17, 15) is 4.79 Å². The number of rotatable bonds is 4. The van der Waals surface area contributed by atoms with Crippen molar-refractivity contribution in [3.63, 3.8) is 0 Å². The molecule has 1 heterocycles. The Balaban J connectivity index is 1.75. The van der Waals surface area contributed by atoms with Crippen LogP contribution in [0.15, 0.2) is 0 Å². The van der Waals surface area contributed by atoms with Gasteiger partial charge in [0.1, 0.15) is 0 Å². The number of aliphatic hydroxyl groups is 1. The fourth-order valence-corrected chi connectivity index (χ4v) is 2.76. The molecule has 0 aromatic rings. The molecular weight excluding hydrogens is 178 g/mol. The Bertz CT molecular complexity index is 217. The predicted octanol–water partition coefficient (Wildman–Crippen LogP) is 1.16. The molecule has 2 fully saturated rings. The molecule has 1 N–H and O–H groups in total. The average molecular weight is 197 g/mol. The van der Waals surface area contributed by atoms with Crippen LogP contribution in [-0.4, -0.2) is 35.1 Å². The standard InChI is InChI=1S/C11H19NO2/c13-6-2-1-3-11(14)12-8-9-4-5-10(12)7-9/h9-10,13H,1-8H2. The maximum atomic E-state index is 11.8. The van der Waals surface area contributed by atoms with Crippen LogP contribution < -0.4 is 0 Å². The second-order valence-electron chi connectivity index (χ2n) is 4.56. The Morgan fingerprint density at radius 1 is 1.36 bits per heavy atom. The molecule has 2 rings (SSSR count). The first-order valence-corrected chi connectivity index (χ1v) is 5.71. The molecule has 0 radical (unpaired) electrons. The van der Waals surface area contributed by atoms with Crippen LogP contribution in [0.5, 0.6) is 0 Å². The van der Waals surface area contributed by atoms with Gasteiger partial charge in [-0.3, -0.25) is 4.79 Å². The minimum atomic E-state index is 0.208. The second-order valence-corrected chi connectivity index (χ2v) is 4.56. The number of amides is 1. The zero-order valence-corrected chi connectivity index (χ0v) is 8.61. The number of unbranched alkanes of at least 4 members (excludes halogenated alkanes) is 1. The van der Waals surface area contributed by atoms with Gasteiger partial charge in [-0.25, -0.2) is 0 Å². The van der Waals surface area contributed by atoms with Gasteiger partial charge in [0.25, 0.3) is 0 Å². The van der Waals surface area contributed by atoms with E-state index in [0.29, 0.717) is 18.4 Å². The van der Waals surface area contributed by atoms with Crippen LogP contribution in [0, 0.1) is 5.92 Å². The van der Waals surface area contributed by atoms with E-state index in [0.717, 1.165) is 25.3 Å². The zero-order chi connectivity index (χ0) is 9.97. The van der Waals surface area contributed by atoms with Gasteiger partial charge in [0.05, 0.1) is 0 Å². The first kappa shape index (κ1) is 9.97. The first-order valence-electron chi connectivity index (χ1n) is 5.71. The number of hydrogen-bond acceptors (Lipinski definition) is 2. The van der Waals surface area contributed by atoms with Gasteiger partial charge < -0.3 is 10.0 Å². The Morgan fingerprint density at radius 3 is 2.79 bits per heavy atom. The van der Waals surface area contributed by atoms with Crippen molar-refractivity contribution in [1.29, 1.82) is 0 Å². The Hall–Kier alpha value is -0.570. The lowest BCUT2D eigenvalue weighted by Gasteiger charge is -2.27. The average Bonchev–Trinajstić information content (AvgIpc) is 2.79. The SMILES string of the molecule is O=C(CCCCO)N1CC2CCC1C2. The fraction of sp³-hybridized carbons (Fsp3) is 0.909. The summed E-state index contributed by atoms with van der Waals surface area (Å²) >= 11 is 0. The third-order valence-corrected chi connectivity index (χ3v) is 3.53. The minimum Gasteiger partial charge on any atom is -0.396 e. The topological polar surface area (TPSA) is 40.5 Å². The third kappa shape index (κ3) is 1.92. The third-order valence-electron chi connectivity index (χ3n) is 3.53. The van der Waals surface area contributed by atoms with Crippen LogP contribution in [-0.2, 0) is 4.79 Å². The molecule has 2 atom stereocenters.